The number of methoxy groups -OCH3 is 1. The Balaban J connectivity index is 1.89. The third kappa shape index (κ3) is 5.92. The van der Waals surface area contributed by atoms with Crippen LogP contribution in [0.2, 0.25) is 0 Å². The summed E-state index contributed by atoms with van der Waals surface area (Å²) in [5.74, 6) is 0.115. The molecule has 0 fully saturated rings. The molecule has 2 aromatic carbocycles. The zero-order valence-corrected chi connectivity index (χ0v) is 15.2. The zero-order chi connectivity index (χ0) is 18.8. The topological polar surface area (TPSA) is 61.8 Å². The molecule has 0 unspecified atom stereocenters. The maximum atomic E-state index is 12.2. The Bertz CT molecular complexity index is 721. The van der Waals surface area contributed by atoms with Crippen molar-refractivity contribution >= 4 is 11.9 Å². The van der Waals surface area contributed by atoms with Gasteiger partial charge in [-0.1, -0.05) is 32.3 Å². The van der Waals surface area contributed by atoms with Gasteiger partial charge in [0.05, 0.1) is 24.8 Å². The van der Waals surface area contributed by atoms with Gasteiger partial charge in [-0.15, -0.1) is 0 Å². The molecule has 0 aliphatic heterocycles. The number of hydrogen-bond acceptors (Lipinski definition) is 5. The first-order valence-corrected chi connectivity index (χ1v) is 8.77. The highest BCUT2D eigenvalue weighted by Gasteiger charge is 2.12. The van der Waals surface area contributed by atoms with Crippen LogP contribution in [0.5, 0.6) is 11.5 Å². The lowest BCUT2D eigenvalue weighted by Gasteiger charge is -2.07. The van der Waals surface area contributed by atoms with E-state index in [1.165, 1.54) is 0 Å². The molecule has 5 heteroatoms. The minimum Gasteiger partial charge on any atom is -0.497 e. The van der Waals surface area contributed by atoms with Crippen LogP contribution >= 0.6 is 0 Å². The van der Waals surface area contributed by atoms with Gasteiger partial charge in [-0.05, 0) is 42.8 Å². The lowest BCUT2D eigenvalue weighted by atomic mass is 10.1. The van der Waals surface area contributed by atoms with E-state index in [1.54, 1.807) is 55.6 Å². The third-order valence-corrected chi connectivity index (χ3v) is 3.84. The van der Waals surface area contributed by atoms with Gasteiger partial charge in [0.1, 0.15) is 11.5 Å². The Kier molecular flexibility index (Phi) is 7.68. The molecule has 0 aliphatic carbocycles. The summed E-state index contributed by atoms with van der Waals surface area (Å²) in [4.78, 5) is 24.2. The van der Waals surface area contributed by atoms with Crippen LogP contribution in [0.1, 0.15) is 53.3 Å². The summed E-state index contributed by atoms with van der Waals surface area (Å²) >= 11 is 0. The van der Waals surface area contributed by atoms with Gasteiger partial charge in [0, 0.05) is 6.07 Å². The largest absolute Gasteiger partial charge is 0.497 e. The van der Waals surface area contributed by atoms with E-state index in [1.807, 2.05) is 0 Å². The summed E-state index contributed by atoms with van der Waals surface area (Å²) in [7, 11) is 1.54. The van der Waals surface area contributed by atoms with E-state index < -0.39 is 5.97 Å². The van der Waals surface area contributed by atoms with Crippen LogP contribution in [-0.4, -0.2) is 25.7 Å². The number of unbranched alkanes of at least 4 members (excludes halogenated alkanes) is 3. The number of hydrogen-bond donors (Lipinski definition) is 0. The molecule has 138 valence electrons. The quantitative estimate of drug-likeness (QED) is 0.372. The average molecular weight is 356 g/mol. The lowest BCUT2D eigenvalue weighted by molar-refractivity contribution is 0.0497. The highest BCUT2D eigenvalue weighted by atomic mass is 16.5. The molecule has 0 N–H and O–H groups in total. The van der Waals surface area contributed by atoms with Crippen LogP contribution < -0.4 is 9.47 Å². The monoisotopic (exact) mass is 356 g/mol. The molecule has 26 heavy (non-hydrogen) atoms. The van der Waals surface area contributed by atoms with Crippen LogP contribution in [0.25, 0.3) is 0 Å². The summed E-state index contributed by atoms with van der Waals surface area (Å²) in [5, 5.41) is 0. The number of esters is 2. The molecule has 2 aromatic rings. The zero-order valence-electron chi connectivity index (χ0n) is 15.2. The van der Waals surface area contributed by atoms with Crippen LogP contribution in [0.3, 0.4) is 0 Å². The summed E-state index contributed by atoms with van der Waals surface area (Å²) in [6, 6.07) is 13.0. The highest BCUT2D eigenvalue weighted by molar-refractivity contribution is 5.94. The summed E-state index contributed by atoms with van der Waals surface area (Å²) < 4.78 is 15.6. The summed E-state index contributed by atoms with van der Waals surface area (Å²) in [5.41, 5.74) is 0.769. The number of carbonyl (C=O) groups excluding carboxylic acids is 2. The van der Waals surface area contributed by atoms with Crippen molar-refractivity contribution in [2.24, 2.45) is 0 Å². The maximum absolute atomic E-state index is 12.2. The van der Waals surface area contributed by atoms with Crippen LogP contribution in [0.15, 0.2) is 48.5 Å². The SMILES string of the molecule is CCCCCCOC(=O)c1ccc(C(=O)Oc2cccc(OC)c2)cc1. The van der Waals surface area contributed by atoms with Crippen LogP contribution in [-0.2, 0) is 4.74 Å². The van der Waals surface area contributed by atoms with E-state index in [9.17, 15) is 9.59 Å². The van der Waals surface area contributed by atoms with E-state index in [2.05, 4.69) is 6.92 Å². The maximum Gasteiger partial charge on any atom is 0.343 e. The van der Waals surface area contributed by atoms with Gasteiger partial charge in [0.2, 0.25) is 0 Å². The van der Waals surface area contributed by atoms with Crippen molar-refractivity contribution in [1.82, 2.24) is 0 Å². The molecule has 0 spiro atoms. The van der Waals surface area contributed by atoms with Gasteiger partial charge < -0.3 is 14.2 Å². The highest BCUT2D eigenvalue weighted by Crippen LogP contribution is 2.20. The number of ether oxygens (including phenoxy) is 3. The smallest absolute Gasteiger partial charge is 0.343 e. The molecule has 0 heterocycles. The van der Waals surface area contributed by atoms with Gasteiger partial charge >= 0.3 is 11.9 Å². The fraction of sp³-hybridized carbons (Fsp3) is 0.333. The van der Waals surface area contributed by atoms with Crippen molar-refractivity contribution in [3.05, 3.63) is 59.7 Å². The van der Waals surface area contributed by atoms with Gasteiger partial charge in [-0.25, -0.2) is 9.59 Å². The second-order valence-electron chi connectivity index (χ2n) is 5.84. The van der Waals surface area contributed by atoms with Crippen molar-refractivity contribution in [1.29, 1.82) is 0 Å². The first kappa shape index (κ1) is 19.5. The Morgan fingerprint density at radius 1 is 0.846 bits per heavy atom. The molecule has 0 aromatic heterocycles. The van der Waals surface area contributed by atoms with Gasteiger partial charge in [-0.3, -0.25) is 0 Å². The van der Waals surface area contributed by atoms with Crippen molar-refractivity contribution in [2.45, 2.75) is 32.6 Å². The molecule has 0 atom stereocenters. The van der Waals surface area contributed by atoms with E-state index in [4.69, 9.17) is 14.2 Å². The Morgan fingerprint density at radius 3 is 2.15 bits per heavy atom. The number of benzene rings is 2. The van der Waals surface area contributed by atoms with Gasteiger partial charge in [0.15, 0.2) is 0 Å². The van der Waals surface area contributed by atoms with E-state index in [0.717, 1.165) is 25.7 Å². The van der Waals surface area contributed by atoms with Gasteiger partial charge in [0.25, 0.3) is 0 Å². The molecule has 0 saturated heterocycles. The fourth-order valence-electron chi connectivity index (χ4n) is 2.35. The molecule has 5 nitrogen and oxygen atoms in total. The molecule has 2 rings (SSSR count). The lowest BCUT2D eigenvalue weighted by Crippen LogP contribution is -2.10. The van der Waals surface area contributed by atoms with E-state index >= 15 is 0 Å². The second kappa shape index (κ2) is 10.2. The molecule has 0 radical (unpaired) electrons. The molecule has 0 aliphatic rings. The van der Waals surface area contributed by atoms with E-state index in [-0.39, 0.29) is 5.97 Å². The third-order valence-electron chi connectivity index (χ3n) is 3.84. The molecule has 0 saturated carbocycles. The first-order chi connectivity index (χ1) is 12.6. The predicted octanol–water partition coefficient (Wildman–Crippen LogP) is 4.65. The Hall–Kier alpha value is -2.82. The summed E-state index contributed by atoms with van der Waals surface area (Å²) in [6.45, 7) is 2.55. The Labute approximate surface area is 153 Å². The van der Waals surface area contributed by atoms with Crippen molar-refractivity contribution in [2.75, 3.05) is 13.7 Å². The van der Waals surface area contributed by atoms with Gasteiger partial charge in [-0.2, -0.15) is 0 Å². The first-order valence-electron chi connectivity index (χ1n) is 8.77. The minimum absolute atomic E-state index is 0.354. The number of rotatable bonds is 9. The average Bonchev–Trinajstić information content (AvgIpc) is 2.68. The molecule has 0 amide bonds. The van der Waals surface area contributed by atoms with Crippen molar-refractivity contribution in [3.63, 3.8) is 0 Å². The fourth-order valence-corrected chi connectivity index (χ4v) is 2.35. The predicted molar refractivity (Wildman–Crippen MR) is 98.8 cm³/mol. The standard InChI is InChI=1S/C21H24O5/c1-3-4-5-6-14-25-20(22)16-10-12-17(13-11-16)21(23)26-19-9-7-8-18(15-19)24-2/h7-13,15H,3-6,14H2,1-2H3. The molecular formula is C21H24O5. The summed E-state index contributed by atoms with van der Waals surface area (Å²) in [6.07, 6.45) is 4.20. The molecule has 0 bridgehead atoms. The Morgan fingerprint density at radius 2 is 1.50 bits per heavy atom. The van der Waals surface area contributed by atoms with Crippen molar-refractivity contribution in [3.8, 4) is 11.5 Å². The normalized spacial score (nSPS) is 10.2. The molecular weight excluding hydrogens is 332 g/mol. The minimum atomic E-state index is -0.502. The van der Waals surface area contributed by atoms with Crippen LogP contribution in [0.4, 0.5) is 0 Å². The number of carbonyl (C=O) groups is 2. The van der Waals surface area contributed by atoms with E-state index in [0.29, 0.717) is 29.2 Å². The van der Waals surface area contributed by atoms with Crippen LogP contribution in [0, 0.1) is 0 Å². The second-order valence-corrected chi connectivity index (χ2v) is 5.84. The van der Waals surface area contributed by atoms with Crippen molar-refractivity contribution < 1.29 is 23.8 Å².